The van der Waals surface area contributed by atoms with Crippen molar-refractivity contribution in [3.63, 3.8) is 0 Å². The second-order valence-electron chi connectivity index (χ2n) is 5.70. The van der Waals surface area contributed by atoms with Gasteiger partial charge in [-0.3, -0.25) is 10.1 Å². The number of hydrogen-bond donors (Lipinski definition) is 2. The first-order valence-corrected chi connectivity index (χ1v) is 8.22. The number of nitro groups is 1. The molecule has 0 bridgehead atoms. The summed E-state index contributed by atoms with van der Waals surface area (Å²) in [5, 5.41) is 16.4. The number of alkyl halides is 3. The van der Waals surface area contributed by atoms with Gasteiger partial charge in [0.1, 0.15) is 12.1 Å². The first kappa shape index (κ1) is 20.2. The highest BCUT2D eigenvalue weighted by Gasteiger charge is 2.32. The number of nitrogens with one attached hydrogen (secondary N) is 2. The summed E-state index contributed by atoms with van der Waals surface area (Å²) in [7, 11) is 0. The van der Waals surface area contributed by atoms with Crippen molar-refractivity contribution in [3.8, 4) is 0 Å². The summed E-state index contributed by atoms with van der Waals surface area (Å²) < 4.78 is 38.2. The molecule has 0 atom stereocenters. The van der Waals surface area contributed by atoms with Crippen LogP contribution in [0.3, 0.4) is 0 Å². The van der Waals surface area contributed by atoms with E-state index < -0.39 is 22.4 Å². The van der Waals surface area contributed by atoms with Crippen molar-refractivity contribution >= 4 is 40.6 Å². The first-order valence-electron chi connectivity index (χ1n) is 7.84. The molecule has 0 saturated carbocycles. The van der Waals surface area contributed by atoms with E-state index in [4.69, 9.17) is 11.6 Å². The predicted molar refractivity (Wildman–Crippen MR) is 98.5 cm³/mol. The molecule has 0 aromatic carbocycles. The molecule has 0 spiro atoms. The van der Waals surface area contributed by atoms with Crippen LogP contribution in [0.5, 0.6) is 0 Å². The maximum Gasteiger partial charge on any atom is 0.417 e. The van der Waals surface area contributed by atoms with Crippen LogP contribution in [0.25, 0.3) is 0 Å². The van der Waals surface area contributed by atoms with Crippen molar-refractivity contribution in [2.45, 2.75) is 13.1 Å². The van der Waals surface area contributed by atoms with Crippen LogP contribution in [0.4, 0.5) is 42.1 Å². The summed E-state index contributed by atoms with van der Waals surface area (Å²) in [6.07, 6.45) is -1.49. The van der Waals surface area contributed by atoms with Crippen LogP contribution >= 0.6 is 11.6 Å². The molecule has 0 aliphatic rings. The average Bonchev–Trinajstić information content (AvgIpc) is 2.64. The van der Waals surface area contributed by atoms with Gasteiger partial charge in [-0.1, -0.05) is 17.7 Å². The van der Waals surface area contributed by atoms with Gasteiger partial charge in [0.05, 0.1) is 15.5 Å². The largest absolute Gasteiger partial charge is 0.417 e. The first-order chi connectivity index (χ1) is 13.6. The number of anilines is 4. The van der Waals surface area contributed by atoms with Gasteiger partial charge in [-0.05, 0) is 24.6 Å². The molecule has 0 amide bonds. The molecule has 2 N–H and O–H groups in total. The maximum atomic E-state index is 12.7. The van der Waals surface area contributed by atoms with Crippen LogP contribution in [0.15, 0.2) is 36.9 Å². The quantitative estimate of drug-likeness (QED) is 0.448. The highest BCUT2D eigenvalue weighted by atomic mass is 35.5. The minimum Gasteiger partial charge on any atom is -0.319 e. The van der Waals surface area contributed by atoms with Crippen molar-refractivity contribution in [2.75, 3.05) is 10.6 Å². The molecule has 3 aromatic rings. The number of hydrogen-bond acceptors (Lipinski definition) is 8. The fourth-order valence-corrected chi connectivity index (χ4v) is 2.41. The Morgan fingerprint density at radius 1 is 1.03 bits per heavy atom. The van der Waals surface area contributed by atoms with Crippen LogP contribution in [-0.2, 0) is 6.18 Å². The number of aromatic nitrogens is 4. The number of rotatable bonds is 5. The number of nitrogens with zero attached hydrogens (tertiary/aromatic N) is 5. The van der Waals surface area contributed by atoms with Crippen LogP contribution in [0, 0.1) is 17.0 Å². The highest BCUT2D eigenvalue weighted by molar-refractivity contribution is 6.33. The Bertz CT molecular complexity index is 1060. The van der Waals surface area contributed by atoms with Crippen molar-refractivity contribution in [3.05, 3.63) is 63.2 Å². The minimum atomic E-state index is -4.63. The van der Waals surface area contributed by atoms with Gasteiger partial charge in [-0.2, -0.15) is 13.2 Å². The molecular weight excluding hydrogens is 415 g/mol. The van der Waals surface area contributed by atoms with E-state index in [2.05, 4.69) is 30.6 Å². The van der Waals surface area contributed by atoms with E-state index in [1.54, 1.807) is 18.3 Å². The standard InChI is InChI=1S/C16H11ClF3N7O2/c1-8-2-3-11(21-5-8)25-14-12(27(28)29)15(24-7-23-14)26-13-10(17)4-9(6-22-13)16(18,19)20/h2-7H,1H3,(H2,21,22,23,24,25,26). The fourth-order valence-electron chi connectivity index (χ4n) is 2.19. The summed E-state index contributed by atoms with van der Waals surface area (Å²) in [6, 6.07) is 4.00. The zero-order valence-corrected chi connectivity index (χ0v) is 15.3. The average molecular weight is 426 g/mol. The molecule has 3 rings (SSSR count). The van der Waals surface area contributed by atoms with Gasteiger partial charge in [0.25, 0.3) is 0 Å². The Balaban J connectivity index is 1.96. The van der Waals surface area contributed by atoms with E-state index in [-0.39, 0.29) is 22.5 Å². The summed E-state index contributed by atoms with van der Waals surface area (Å²) in [4.78, 5) is 26.1. The van der Waals surface area contributed by atoms with E-state index >= 15 is 0 Å². The van der Waals surface area contributed by atoms with Gasteiger partial charge < -0.3 is 10.6 Å². The number of pyridine rings is 2. The van der Waals surface area contributed by atoms with Gasteiger partial charge in [0.15, 0.2) is 5.82 Å². The zero-order valence-electron chi connectivity index (χ0n) is 14.5. The van der Waals surface area contributed by atoms with Crippen molar-refractivity contribution in [2.24, 2.45) is 0 Å². The lowest BCUT2D eigenvalue weighted by atomic mass is 10.2. The molecular formula is C16H11ClF3N7O2. The van der Waals surface area contributed by atoms with Gasteiger partial charge in [-0.15, -0.1) is 0 Å². The van der Waals surface area contributed by atoms with E-state index in [1.165, 1.54) is 0 Å². The normalized spacial score (nSPS) is 11.2. The summed E-state index contributed by atoms with van der Waals surface area (Å²) in [6.45, 7) is 1.83. The Morgan fingerprint density at radius 3 is 2.28 bits per heavy atom. The molecule has 150 valence electrons. The lowest BCUT2D eigenvalue weighted by Crippen LogP contribution is -2.09. The monoisotopic (exact) mass is 425 g/mol. The molecule has 3 aromatic heterocycles. The third-order valence-corrected chi connectivity index (χ3v) is 3.86. The van der Waals surface area contributed by atoms with E-state index in [0.29, 0.717) is 18.1 Å². The van der Waals surface area contributed by atoms with E-state index in [0.717, 1.165) is 11.9 Å². The third-order valence-electron chi connectivity index (χ3n) is 3.57. The smallest absolute Gasteiger partial charge is 0.319 e. The molecule has 0 fully saturated rings. The third kappa shape index (κ3) is 4.66. The Labute approximate surface area is 166 Å². The Morgan fingerprint density at radius 2 is 1.72 bits per heavy atom. The fraction of sp³-hybridized carbons (Fsp3) is 0.125. The Hall–Kier alpha value is -3.54. The zero-order chi connectivity index (χ0) is 21.2. The lowest BCUT2D eigenvalue weighted by molar-refractivity contribution is -0.383. The summed E-state index contributed by atoms with van der Waals surface area (Å²) in [5.74, 6) is -0.421. The van der Waals surface area contributed by atoms with Crippen LogP contribution in [0.2, 0.25) is 5.02 Å². The molecule has 0 aliphatic carbocycles. The minimum absolute atomic E-state index is 0.174. The van der Waals surface area contributed by atoms with Crippen LogP contribution < -0.4 is 10.6 Å². The van der Waals surface area contributed by atoms with Gasteiger partial charge >= 0.3 is 11.9 Å². The Kier molecular flexibility index (Phi) is 5.46. The van der Waals surface area contributed by atoms with Gasteiger partial charge in [0.2, 0.25) is 11.6 Å². The van der Waals surface area contributed by atoms with E-state index in [1.807, 2.05) is 6.92 Å². The molecule has 0 aliphatic heterocycles. The van der Waals surface area contributed by atoms with Crippen molar-refractivity contribution in [1.29, 1.82) is 0 Å². The molecule has 0 unspecified atom stereocenters. The topological polar surface area (TPSA) is 119 Å². The summed E-state index contributed by atoms with van der Waals surface area (Å²) in [5.41, 5.74) is -0.733. The highest BCUT2D eigenvalue weighted by Crippen LogP contribution is 2.36. The van der Waals surface area contributed by atoms with Crippen molar-refractivity contribution < 1.29 is 18.1 Å². The molecule has 0 radical (unpaired) electrons. The second-order valence-corrected chi connectivity index (χ2v) is 6.11. The van der Waals surface area contributed by atoms with Crippen LogP contribution in [-0.4, -0.2) is 24.9 Å². The molecule has 3 heterocycles. The van der Waals surface area contributed by atoms with E-state index in [9.17, 15) is 23.3 Å². The van der Waals surface area contributed by atoms with Crippen LogP contribution in [0.1, 0.15) is 11.1 Å². The summed E-state index contributed by atoms with van der Waals surface area (Å²) >= 11 is 5.84. The molecule has 13 heteroatoms. The maximum absolute atomic E-state index is 12.7. The van der Waals surface area contributed by atoms with Crippen molar-refractivity contribution in [1.82, 2.24) is 19.9 Å². The number of halogens is 4. The van der Waals surface area contributed by atoms with Gasteiger partial charge in [0, 0.05) is 12.4 Å². The number of aryl methyl sites for hydroxylation is 1. The second kappa shape index (κ2) is 7.83. The SMILES string of the molecule is Cc1ccc(Nc2ncnc(Nc3ncc(C(F)(F)F)cc3Cl)c2[N+](=O)[O-])nc1. The molecule has 29 heavy (non-hydrogen) atoms. The predicted octanol–water partition coefficient (Wildman–Crippen LogP) is 4.64. The molecule has 0 saturated heterocycles. The molecule has 9 nitrogen and oxygen atoms in total. The lowest BCUT2D eigenvalue weighted by Gasteiger charge is -2.12. The van der Waals surface area contributed by atoms with Gasteiger partial charge in [-0.25, -0.2) is 19.9 Å².